The van der Waals surface area contributed by atoms with Crippen LogP contribution in [0.1, 0.15) is 11.1 Å². The number of aromatic nitrogens is 2. The third-order valence-corrected chi connectivity index (χ3v) is 4.42. The summed E-state index contributed by atoms with van der Waals surface area (Å²) >= 11 is 0. The first-order chi connectivity index (χ1) is 14.6. The van der Waals surface area contributed by atoms with Crippen LogP contribution in [-0.2, 0) is 21.1 Å². The summed E-state index contributed by atoms with van der Waals surface area (Å²) in [5.74, 6) is 1.63. The summed E-state index contributed by atoms with van der Waals surface area (Å²) in [7, 11) is 3.30. The summed E-state index contributed by atoms with van der Waals surface area (Å²) in [5, 5.41) is 0. The Morgan fingerprint density at radius 1 is 0.645 bits per heavy atom. The minimum Gasteiger partial charge on any atom is -0.497 e. The molecule has 0 amide bonds. The molecule has 0 radical (unpaired) electrons. The quantitative estimate of drug-likeness (QED) is 0.285. The second-order valence-corrected chi connectivity index (χ2v) is 6.72. The number of nitrogens with zero attached hydrogens (tertiary/aromatic N) is 2. The first-order valence-corrected chi connectivity index (χ1v) is 9.56. The Hall–Kier alpha value is -2.97. The molecule has 0 N–H and O–H groups in total. The summed E-state index contributed by atoms with van der Waals surface area (Å²) in [5.41, 5.74) is 6.13. The maximum absolute atomic E-state index is 5.15. The van der Waals surface area contributed by atoms with Gasteiger partial charge in [0.1, 0.15) is 11.5 Å². The summed E-state index contributed by atoms with van der Waals surface area (Å²) in [4.78, 5) is 8.55. The monoisotopic (exact) mass is 591 g/mol. The third-order valence-electron chi connectivity index (χ3n) is 4.42. The zero-order chi connectivity index (χ0) is 21.3. The largest absolute Gasteiger partial charge is 2.00 e. The molecule has 0 saturated heterocycles. The Labute approximate surface area is 198 Å². The molecule has 0 bridgehead atoms. The SMILES string of the molecule is COc1ccnc(-c2[c-]cc(C)cc2)c1.COc1ccnc(-c2[c-]cc(C)cc2)c1.[Pt+2]. The van der Waals surface area contributed by atoms with Crippen LogP contribution >= 0.6 is 0 Å². The van der Waals surface area contributed by atoms with E-state index in [9.17, 15) is 0 Å². The average molecular weight is 592 g/mol. The molecule has 0 aliphatic carbocycles. The number of pyridine rings is 2. The second kappa shape index (κ2) is 12.0. The zero-order valence-corrected chi connectivity index (χ0v) is 20.2. The number of aryl methyl sites for hydroxylation is 2. The van der Waals surface area contributed by atoms with Crippen LogP contribution in [-0.4, -0.2) is 24.2 Å². The van der Waals surface area contributed by atoms with Gasteiger partial charge < -0.3 is 19.4 Å². The standard InChI is InChI=1S/2C13H12NO.Pt/c2*1-10-3-5-11(6-4-10)13-9-12(15-2)7-8-14-13;/h2*3-5,7-9H,1-2H3;/q2*-1;+2. The van der Waals surface area contributed by atoms with Crippen molar-refractivity contribution in [3.05, 3.63) is 96.3 Å². The van der Waals surface area contributed by atoms with Gasteiger partial charge >= 0.3 is 21.1 Å². The molecule has 4 nitrogen and oxygen atoms in total. The molecule has 2 aromatic carbocycles. The van der Waals surface area contributed by atoms with Gasteiger partial charge in [0.05, 0.1) is 14.2 Å². The molecule has 2 heterocycles. The fourth-order valence-electron chi connectivity index (χ4n) is 2.69. The Kier molecular flexibility index (Phi) is 9.42. The number of methoxy groups -OCH3 is 2. The molecule has 5 heteroatoms. The number of hydrogen-bond acceptors (Lipinski definition) is 4. The van der Waals surface area contributed by atoms with E-state index in [1.807, 2.05) is 74.5 Å². The van der Waals surface area contributed by atoms with Gasteiger partial charge in [0.15, 0.2) is 0 Å². The minimum atomic E-state index is 0. The molecule has 4 aromatic rings. The van der Waals surface area contributed by atoms with Gasteiger partial charge in [0.25, 0.3) is 0 Å². The Morgan fingerprint density at radius 2 is 1.06 bits per heavy atom. The summed E-state index contributed by atoms with van der Waals surface area (Å²) < 4.78 is 10.3. The van der Waals surface area contributed by atoms with Gasteiger partial charge in [-0.3, -0.25) is 0 Å². The molecule has 0 aliphatic rings. The molecular weight excluding hydrogens is 567 g/mol. The van der Waals surface area contributed by atoms with Crippen molar-refractivity contribution in [2.75, 3.05) is 14.2 Å². The van der Waals surface area contributed by atoms with E-state index < -0.39 is 0 Å². The summed E-state index contributed by atoms with van der Waals surface area (Å²) in [6.07, 6.45) is 3.48. The van der Waals surface area contributed by atoms with E-state index >= 15 is 0 Å². The first kappa shape index (κ1) is 24.3. The van der Waals surface area contributed by atoms with Crippen LogP contribution in [0, 0.1) is 26.0 Å². The summed E-state index contributed by atoms with van der Waals surface area (Å²) in [6, 6.07) is 25.9. The third kappa shape index (κ3) is 7.04. The predicted octanol–water partition coefficient (Wildman–Crippen LogP) is 5.73. The maximum Gasteiger partial charge on any atom is 2.00 e. The number of ether oxygens (including phenoxy) is 2. The van der Waals surface area contributed by atoms with Crippen LogP contribution < -0.4 is 9.47 Å². The van der Waals surface area contributed by atoms with Gasteiger partial charge in [0, 0.05) is 12.4 Å². The Bertz CT molecular complexity index is 992. The molecular formula is C26H24N2O2Pt. The van der Waals surface area contributed by atoms with E-state index in [4.69, 9.17) is 9.47 Å². The normalized spacial score (nSPS) is 9.68. The van der Waals surface area contributed by atoms with Crippen LogP contribution in [0.5, 0.6) is 11.5 Å². The molecule has 0 saturated carbocycles. The smallest absolute Gasteiger partial charge is 0.497 e. The van der Waals surface area contributed by atoms with Crippen LogP contribution in [0.3, 0.4) is 0 Å². The molecule has 0 fully saturated rings. The fraction of sp³-hybridized carbons (Fsp3) is 0.154. The van der Waals surface area contributed by atoms with Crippen LogP contribution in [0.2, 0.25) is 0 Å². The molecule has 160 valence electrons. The van der Waals surface area contributed by atoms with E-state index in [0.717, 1.165) is 34.0 Å². The van der Waals surface area contributed by atoms with Gasteiger partial charge in [-0.2, -0.15) is 0 Å². The van der Waals surface area contributed by atoms with Crippen molar-refractivity contribution in [3.63, 3.8) is 0 Å². The van der Waals surface area contributed by atoms with Crippen molar-refractivity contribution in [2.45, 2.75) is 13.8 Å². The van der Waals surface area contributed by atoms with E-state index in [1.54, 1.807) is 26.6 Å². The molecule has 4 rings (SSSR count). The topological polar surface area (TPSA) is 44.2 Å². The number of hydrogen-bond donors (Lipinski definition) is 0. The molecule has 0 atom stereocenters. The number of rotatable bonds is 4. The molecule has 2 aromatic heterocycles. The summed E-state index contributed by atoms with van der Waals surface area (Å²) in [6.45, 7) is 4.08. The van der Waals surface area contributed by atoms with E-state index in [-0.39, 0.29) is 21.1 Å². The van der Waals surface area contributed by atoms with Gasteiger partial charge in [0.2, 0.25) is 0 Å². The van der Waals surface area contributed by atoms with E-state index in [0.29, 0.717) is 0 Å². The van der Waals surface area contributed by atoms with Gasteiger partial charge in [-0.1, -0.05) is 13.8 Å². The molecule has 0 unspecified atom stereocenters. The van der Waals surface area contributed by atoms with E-state index in [2.05, 4.69) is 22.1 Å². The van der Waals surface area contributed by atoms with Crippen molar-refractivity contribution in [1.82, 2.24) is 9.97 Å². The predicted molar refractivity (Wildman–Crippen MR) is 120 cm³/mol. The number of benzene rings is 2. The van der Waals surface area contributed by atoms with Gasteiger partial charge in [-0.25, -0.2) is 0 Å². The second-order valence-electron chi connectivity index (χ2n) is 6.72. The van der Waals surface area contributed by atoms with Gasteiger partial charge in [-0.15, -0.1) is 70.8 Å². The van der Waals surface area contributed by atoms with Crippen LogP contribution in [0.4, 0.5) is 0 Å². The molecule has 0 spiro atoms. The van der Waals surface area contributed by atoms with Crippen molar-refractivity contribution >= 4 is 0 Å². The maximum atomic E-state index is 5.15. The van der Waals surface area contributed by atoms with Crippen LogP contribution in [0.15, 0.2) is 73.1 Å². The minimum absolute atomic E-state index is 0. The molecule has 31 heavy (non-hydrogen) atoms. The Balaban J connectivity index is 0.000000213. The van der Waals surface area contributed by atoms with Crippen molar-refractivity contribution < 1.29 is 30.5 Å². The van der Waals surface area contributed by atoms with Crippen molar-refractivity contribution in [1.29, 1.82) is 0 Å². The van der Waals surface area contributed by atoms with Crippen molar-refractivity contribution in [3.8, 4) is 34.0 Å². The van der Waals surface area contributed by atoms with E-state index in [1.165, 1.54) is 11.1 Å². The van der Waals surface area contributed by atoms with Crippen LogP contribution in [0.25, 0.3) is 22.5 Å². The van der Waals surface area contributed by atoms with Crippen molar-refractivity contribution in [2.24, 2.45) is 0 Å². The average Bonchev–Trinajstić information content (AvgIpc) is 2.80. The Morgan fingerprint density at radius 3 is 1.39 bits per heavy atom. The first-order valence-electron chi connectivity index (χ1n) is 9.56. The van der Waals surface area contributed by atoms with Gasteiger partial charge in [-0.05, 0) is 35.7 Å². The molecule has 0 aliphatic heterocycles. The fourth-order valence-corrected chi connectivity index (χ4v) is 2.69. The zero-order valence-electron chi connectivity index (χ0n) is 18.0.